The Kier molecular flexibility index (Phi) is 4.92. The predicted molar refractivity (Wildman–Crippen MR) is 105 cm³/mol. The van der Waals surface area contributed by atoms with E-state index in [0.29, 0.717) is 24.5 Å². The molecular weight excluding hydrogens is 356 g/mol. The van der Waals surface area contributed by atoms with E-state index in [1.165, 1.54) is 0 Å². The lowest BCUT2D eigenvalue weighted by molar-refractivity contribution is 0.0739. The molecule has 0 bridgehead atoms. The lowest BCUT2D eigenvalue weighted by Crippen LogP contribution is -2.49. The van der Waals surface area contributed by atoms with Crippen LogP contribution in [0.25, 0.3) is 5.69 Å². The SMILES string of the molecule is COc1cccc(-n2nnc(C(=O)N3CCN(c4ccccn4)CC3)c2C)c1. The summed E-state index contributed by atoms with van der Waals surface area (Å²) in [5.74, 6) is 1.58. The van der Waals surface area contributed by atoms with Gasteiger partial charge >= 0.3 is 0 Å². The maximum Gasteiger partial charge on any atom is 0.276 e. The second-order valence-electron chi connectivity index (χ2n) is 6.60. The van der Waals surface area contributed by atoms with Gasteiger partial charge in [-0.2, -0.15) is 0 Å². The van der Waals surface area contributed by atoms with Gasteiger partial charge in [-0.3, -0.25) is 4.79 Å². The quantitative estimate of drug-likeness (QED) is 0.691. The zero-order chi connectivity index (χ0) is 19.5. The Morgan fingerprint density at radius 2 is 1.89 bits per heavy atom. The number of anilines is 1. The zero-order valence-electron chi connectivity index (χ0n) is 15.9. The number of amides is 1. The van der Waals surface area contributed by atoms with Crippen LogP contribution in [-0.2, 0) is 0 Å². The van der Waals surface area contributed by atoms with Gasteiger partial charge in [0, 0.05) is 38.4 Å². The summed E-state index contributed by atoms with van der Waals surface area (Å²) in [7, 11) is 1.62. The van der Waals surface area contributed by atoms with Crippen LogP contribution in [0.3, 0.4) is 0 Å². The number of piperazine rings is 1. The molecule has 8 heteroatoms. The Morgan fingerprint density at radius 3 is 2.61 bits per heavy atom. The minimum Gasteiger partial charge on any atom is -0.497 e. The minimum atomic E-state index is -0.0904. The van der Waals surface area contributed by atoms with Crippen LogP contribution in [0.5, 0.6) is 5.75 Å². The Balaban J connectivity index is 1.48. The van der Waals surface area contributed by atoms with E-state index in [1.807, 2.05) is 54.3 Å². The summed E-state index contributed by atoms with van der Waals surface area (Å²) >= 11 is 0. The van der Waals surface area contributed by atoms with E-state index < -0.39 is 0 Å². The van der Waals surface area contributed by atoms with Crippen molar-refractivity contribution in [2.45, 2.75) is 6.92 Å². The molecule has 0 N–H and O–H groups in total. The molecule has 1 aliphatic rings. The second-order valence-corrected chi connectivity index (χ2v) is 6.60. The Hall–Kier alpha value is -3.42. The smallest absolute Gasteiger partial charge is 0.276 e. The first-order chi connectivity index (χ1) is 13.7. The number of carbonyl (C=O) groups is 1. The molecule has 0 spiro atoms. The summed E-state index contributed by atoms with van der Waals surface area (Å²) < 4.78 is 6.93. The van der Waals surface area contributed by atoms with E-state index in [0.717, 1.165) is 30.3 Å². The van der Waals surface area contributed by atoms with Crippen molar-refractivity contribution in [3.8, 4) is 11.4 Å². The standard InChI is InChI=1S/C20H22N6O2/c1-15-19(22-23-26(15)16-6-5-7-17(14-16)28-2)20(27)25-12-10-24(11-13-25)18-8-3-4-9-21-18/h3-9,14H,10-13H2,1-2H3. The number of carbonyl (C=O) groups excluding carboxylic acids is 1. The molecule has 0 saturated carbocycles. The summed E-state index contributed by atoms with van der Waals surface area (Å²) in [5, 5.41) is 8.34. The number of benzene rings is 1. The van der Waals surface area contributed by atoms with Gasteiger partial charge in [0.25, 0.3) is 5.91 Å². The van der Waals surface area contributed by atoms with Gasteiger partial charge in [-0.15, -0.1) is 5.10 Å². The molecule has 1 amide bonds. The fourth-order valence-electron chi connectivity index (χ4n) is 3.34. The van der Waals surface area contributed by atoms with Gasteiger partial charge in [0.05, 0.1) is 18.5 Å². The van der Waals surface area contributed by atoms with Gasteiger partial charge < -0.3 is 14.5 Å². The van der Waals surface area contributed by atoms with Gasteiger partial charge in [0.1, 0.15) is 11.6 Å². The molecule has 1 saturated heterocycles. The van der Waals surface area contributed by atoms with Crippen molar-refractivity contribution < 1.29 is 9.53 Å². The largest absolute Gasteiger partial charge is 0.497 e. The number of ether oxygens (including phenoxy) is 1. The molecule has 28 heavy (non-hydrogen) atoms. The number of hydrogen-bond acceptors (Lipinski definition) is 6. The third kappa shape index (κ3) is 3.40. The monoisotopic (exact) mass is 378 g/mol. The number of pyridine rings is 1. The van der Waals surface area contributed by atoms with E-state index in [9.17, 15) is 4.79 Å². The van der Waals surface area contributed by atoms with Crippen LogP contribution < -0.4 is 9.64 Å². The van der Waals surface area contributed by atoms with Gasteiger partial charge in [-0.1, -0.05) is 17.3 Å². The molecule has 3 heterocycles. The molecule has 0 atom stereocenters. The lowest BCUT2D eigenvalue weighted by Gasteiger charge is -2.35. The number of rotatable bonds is 4. The first-order valence-electron chi connectivity index (χ1n) is 9.19. The highest BCUT2D eigenvalue weighted by Gasteiger charge is 2.27. The Bertz CT molecular complexity index is 964. The molecule has 3 aromatic rings. The van der Waals surface area contributed by atoms with Gasteiger partial charge in [0.2, 0.25) is 0 Å². The summed E-state index contributed by atoms with van der Waals surface area (Å²) in [6.45, 7) is 4.59. The molecule has 0 unspecified atom stereocenters. The Morgan fingerprint density at radius 1 is 1.07 bits per heavy atom. The van der Waals surface area contributed by atoms with E-state index in [2.05, 4.69) is 20.2 Å². The number of methoxy groups -OCH3 is 1. The summed E-state index contributed by atoms with van der Waals surface area (Å²) in [4.78, 5) is 21.4. The number of aromatic nitrogens is 4. The van der Waals surface area contributed by atoms with E-state index in [-0.39, 0.29) is 5.91 Å². The molecular formula is C20H22N6O2. The van der Waals surface area contributed by atoms with Crippen LogP contribution in [0, 0.1) is 6.92 Å². The summed E-state index contributed by atoms with van der Waals surface area (Å²) in [6, 6.07) is 13.4. The van der Waals surface area contributed by atoms with Gasteiger partial charge in [-0.25, -0.2) is 9.67 Å². The predicted octanol–water partition coefficient (Wildman–Crippen LogP) is 1.94. The summed E-state index contributed by atoms with van der Waals surface area (Å²) in [6.07, 6.45) is 1.78. The van der Waals surface area contributed by atoms with E-state index in [1.54, 1.807) is 18.0 Å². The molecule has 144 valence electrons. The van der Waals surface area contributed by atoms with Gasteiger partial charge in [-0.05, 0) is 31.2 Å². The van der Waals surface area contributed by atoms with E-state index >= 15 is 0 Å². The normalized spacial score (nSPS) is 14.2. The second kappa shape index (κ2) is 7.67. The van der Waals surface area contributed by atoms with Crippen LogP contribution >= 0.6 is 0 Å². The highest BCUT2D eigenvalue weighted by molar-refractivity contribution is 5.93. The highest BCUT2D eigenvalue weighted by Crippen LogP contribution is 2.20. The highest BCUT2D eigenvalue weighted by atomic mass is 16.5. The summed E-state index contributed by atoms with van der Waals surface area (Å²) in [5.41, 5.74) is 1.91. The van der Waals surface area contributed by atoms with Gasteiger partial charge in [0.15, 0.2) is 5.69 Å². The average Bonchev–Trinajstić information content (AvgIpc) is 3.15. The van der Waals surface area contributed by atoms with Crippen molar-refractivity contribution in [3.63, 3.8) is 0 Å². The molecule has 2 aromatic heterocycles. The molecule has 1 aromatic carbocycles. The van der Waals surface area contributed by atoms with Crippen LogP contribution in [0.2, 0.25) is 0 Å². The van der Waals surface area contributed by atoms with Crippen molar-refractivity contribution in [2.24, 2.45) is 0 Å². The van der Waals surface area contributed by atoms with Crippen molar-refractivity contribution in [1.82, 2.24) is 24.9 Å². The maximum absolute atomic E-state index is 13.0. The van der Waals surface area contributed by atoms with Crippen LogP contribution in [0.15, 0.2) is 48.7 Å². The van der Waals surface area contributed by atoms with E-state index in [4.69, 9.17) is 4.74 Å². The first-order valence-corrected chi connectivity index (χ1v) is 9.19. The molecule has 8 nitrogen and oxygen atoms in total. The maximum atomic E-state index is 13.0. The number of nitrogens with zero attached hydrogens (tertiary/aromatic N) is 6. The minimum absolute atomic E-state index is 0.0904. The third-order valence-electron chi connectivity index (χ3n) is 4.94. The van der Waals surface area contributed by atoms with Crippen molar-refractivity contribution in [3.05, 3.63) is 60.0 Å². The van der Waals surface area contributed by atoms with Crippen molar-refractivity contribution >= 4 is 11.7 Å². The lowest BCUT2D eigenvalue weighted by atomic mass is 10.2. The molecule has 1 fully saturated rings. The molecule has 0 aliphatic carbocycles. The molecule has 0 radical (unpaired) electrons. The Labute approximate surface area is 163 Å². The average molecular weight is 378 g/mol. The first kappa shape index (κ1) is 18.0. The zero-order valence-corrected chi connectivity index (χ0v) is 15.9. The number of hydrogen-bond donors (Lipinski definition) is 0. The van der Waals surface area contributed by atoms with Crippen LogP contribution in [-0.4, -0.2) is 64.1 Å². The topological polar surface area (TPSA) is 76.4 Å². The fourth-order valence-corrected chi connectivity index (χ4v) is 3.34. The van der Waals surface area contributed by atoms with Crippen LogP contribution in [0.1, 0.15) is 16.2 Å². The van der Waals surface area contributed by atoms with Crippen molar-refractivity contribution in [1.29, 1.82) is 0 Å². The fraction of sp³-hybridized carbons (Fsp3) is 0.300. The van der Waals surface area contributed by atoms with Crippen molar-refractivity contribution in [2.75, 3.05) is 38.2 Å². The third-order valence-corrected chi connectivity index (χ3v) is 4.94. The molecule has 1 aliphatic heterocycles. The molecule has 4 rings (SSSR count). The van der Waals surface area contributed by atoms with Crippen LogP contribution in [0.4, 0.5) is 5.82 Å².